The molecule has 0 saturated carbocycles. The first kappa shape index (κ1) is 22.7. The fourth-order valence-electron chi connectivity index (χ4n) is 3.78. The SMILES string of the molecule is CNC(=O)c1c(-c2ccc(F)cc2)oc2ccc(-c3ccc(C(=O)N(C)CCC#N)cc3)cc12. The van der Waals surface area contributed by atoms with E-state index in [-0.39, 0.29) is 24.1 Å². The van der Waals surface area contributed by atoms with Crippen LogP contribution in [0.3, 0.4) is 0 Å². The number of rotatable bonds is 6. The molecule has 0 fully saturated rings. The Morgan fingerprint density at radius 2 is 1.65 bits per heavy atom. The van der Waals surface area contributed by atoms with Crippen molar-refractivity contribution in [1.82, 2.24) is 10.2 Å². The largest absolute Gasteiger partial charge is 0.455 e. The molecule has 3 aromatic carbocycles. The minimum absolute atomic E-state index is 0.155. The minimum atomic E-state index is -0.373. The number of furan rings is 1. The van der Waals surface area contributed by atoms with Gasteiger partial charge in [-0.25, -0.2) is 4.39 Å². The van der Waals surface area contributed by atoms with Gasteiger partial charge in [-0.15, -0.1) is 0 Å². The predicted octanol–water partition coefficient (Wildman–Crippen LogP) is 5.25. The van der Waals surface area contributed by atoms with Crippen LogP contribution in [0.1, 0.15) is 27.1 Å². The summed E-state index contributed by atoms with van der Waals surface area (Å²) in [6.07, 6.45) is 0.276. The normalized spacial score (nSPS) is 10.6. The third-order valence-corrected chi connectivity index (χ3v) is 5.62. The van der Waals surface area contributed by atoms with Gasteiger partial charge in [-0.1, -0.05) is 18.2 Å². The van der Waals surface area contributed by atoms with E-state index in [1.165, 1.54) is 17.0 Å². The van der Waals surface area contributed by atoms with E-state index < -0.39 is 0 Å². The molecule has 0 aliphatic carbocycles. The Bertz CT molecular complexity index is 1400. The highest BCUT2D eigenvalue weighted by molar-refractivity contribution is 6.11. The summed E-state index contributed by atoms with van der Waals surface area (Å²) in [4.78, 5) is 26.8. The van der Waals surface area contributed by atoms with Gasteiger partial charge >= 0.3 is 0 Å². The van der Waals surface area contributed by atoms with E-state index in [1.54, 1.807) is 44.4 Å². The third kappa shape index (κ3) is 4.39. The third-order valence-electron chi connectivity index (χ3n) is 5.62. The van der Waals surface area contributed by atoms with Crippen molar-refractivity contribution < 1.29 is 18.4 Å². The van der Waals surface area contributed by atoms with E-state index in [9.17, 15) is 14.0 Å². The number of amides is 2. The summed E-state index contributed by atoms with van der Waals surface area (Å²) in [5, 5.41) is 12.0. The number of carbonyl (C=O) groups is 2. The van der Waals surface area contributed by atoms with Gasteiger partial charge < -0.3 is 14.6 Å². The molecule has 0 aliphatic rings. The van der Waals surface area contributed by atoms with Crippen molar-refractivity contribution >= 4 is 22.8 Å². The monoisotopic (exact) mass is 455 g/mol. The number of nitriles is 1. The summed E-state index contributed by atoms with van der Waals surface area (Å²) in [6.45, 7) is 0.368. The minimum Gasteiger partial charge on any atom is -0.455 e. The predicted molar refractivity (Wildman–Crippen MR) is 128 cm³/mol. The number of halogens is 1. The standard InChI is InChI=1S/C27H22FN3O3/c1-30-26(32)24-22-16-20(10-13-23(22)34-25(24)18-8-11-21(28)12-9-18)17-4-6-19(7-5-17)27(33)31(2)15-3-14-29/h4-13,16H,3,15H2,1-2H3,(H,30,32). The molecular formula is C27H22FN3O3. The zero-order chi connectivity index (χ0) is 24.2. The first-order valence-electron chi connectivity index (χ1n) is 10.7. The van der Waals surface area contributed by atoms with Gasteiger partial charge in [0.15, 0.2) is 0 Å². The first-order valence-corrected chi connectivity index (χ1v) is 10.7. The Morgan fingerprint density at radius 1 is 1.00 bits per heavy atom. The molecule has 4 aromatic rings. The lowest BCUT2D eigenvalue weighted by molar-refractivity contribution is 0.0797. The van der Waals surface area contributed by atoms with Crippen molar-refractivity contribution in [3.8, 4) is 28.5 Å². The molecule has 7 heteroatoms. The van der Waals surface area contributed by atoms with Gasteiger partial charge in [0, 0.05) is 37.2 Å². The Morgan fingerprint density at radius 3 is 2.29 bits per heavy atom. The van der Waals surface area contributed by atoms with E-state index in [2.05, 4.69) is 5.32 Å². The van der Waals surface area contributed by atoms with E-state index >= 15 is 0 Å². The number of fused-ring (bicyclic) bond motifs is 1. The highest BCUT2D eigenvalue weighted by atomic mass is 19.1. The molecule has 34 heavy (non-hydrogen) atoms. The maximum absolute atomic E-state index is 13.4. The smallest absolute Gasteiger partial charge is 0.255 e. The van der Waals surface area contributed by atoms with E-state index in [0.29, 0.717) is 40.0 Å². The number of hydrogen-bond donors (Lipinski definition) is 1. The van der Waals surface area contributed by atoms with Gasteiger partial charge in [0.05, 0.1) is 18.1 Å². The van der Waals surface area contributed by atoms with Crippen LogP contribution in [0.25, 0.3) is 33.4 Å². The van der Waals surface area contributed by atoms with Crippen LogP contribution in [-0.4, -0.2) is 37.4 Å². The van der Waals surface area contributed by atoms with Crippen molar-refractivity contribution in [2.75, 3.05) is 20.6 Å². The molecule has 0 bridgehead atoms. The Kier molecular flexibility index (Phi) is 6.42. The fourth-order valence-corrected chi connectivity index (χ4v) is 3.78. The lowest BCUT2D eigenvalue weighted by Crippen LogP contribution is -2.27. The second kappa shape index (κ2) is 9.59. The maximum Gasteiger partial charge on any atom is 0.255 e. The molecule has 0 saturated heterocycles. The Labute approximate surface area is 196 Å². The molecule has 0 radical (unpaired) electrons. The summed E-state index contributed by atoms with van der Waals surface area (Å²) in [5.41, 5.74) is 3.75. The maximum atomic E-state index is 13.4. The molecule has 1 heterocycles. The van der Waals surface area contributed by atoms with E-state index in [0.717, 1.165) is 11.1 Å². The number of benzene rings is 3. The van der Waals surface area contributed by atoms with Gasteiger partial charge in [-0.2, -0.15) is 5.26 Å². The lowest BCUT2D eigenvalue weighted by atomic mass is 9.99. The summed E-state index contributed by atoms with van der Waals surface area (Å²) in [7, 11) is 3.21. The molecule has 0 aliphatic heterocycles. The van der Waals surface area contributed by atoms with Gasteiger partial charge in [-0.05, 0) is 59.7 Å². The second-order valence-corrected chi connectivity index (χ2v) is 7.82. The lowest BCUT2D eigenvalue weighted by Gasteiger charge is -2.15. The number of carbonyl (C=O) groups excluding carboxylic acids is 2. The highest BCUT2D eigenvalue weighted by Crippen LogP contribution is 2.36. The van der Waals surface area contributed by atoms with Crippen LogP contribution in [0.5, 0.6) is 0 Å². The van der Waals surface area contributed by atoms with Gasteiger partial charge in [0.2, 0.25) is 0 Å². The van der Waals surface area contributed by atoms with Crippen LogP contribution < -0.4 is 5.32 Å². The van der Waals surface area contributed by atoms with Crippen LogP contribution in [0.2, 0.25) is 0 Å². The van der Waals surface area contributed by atoms with E-state index in [1.807, 2.05) is 30.3 Å². The molecule has 6 nitrogen and oxygen atoms in total. The van der Waals surface area contributed by atoms with E-state index in [4.69, 9.17) is 9.68 Å². The molecule has 2 amide bonds. The second-order valence-electron chi connectivity index (χ2n) is 7.82. The molecule has 0 spiro atoms. The average Bonchev–Trinajstić information content (AvgIpc) is 3.25. The first-order chi connectivity index (χ1) is 16.4. The van der Waals surface area contributed by atoms with Crippen molar-refractivity contribution in [1.29, 1.82) is 5.26 Å². The molecule has 1 N–H and O–H groups in total. The molecule has 4 rings (SSSR count). The zero-order valence-electron chi connectivity index (χ0n) is 18.8. The van der Waals surface area contributed by atoms with Crippen molar-refractivity contribution in [3.05, 3.63) is 83.7 Å². The Hall–Kier alpha value is -4.44. The average molecular weight is 455 g/mol. The van der Waals surface area contributed by atoms with Crippen LogP contribution >= 0.6 is 0 Å². The highest BCUT2D eigenvalue weighted by Gasteiger charge is 2.22. The quantitative estimate of drug-likeness (QED) is 0.430. The van der Waals surface area contributed by atoms with Crippen LogP contribution in [0.4, 0.5) is 4.39 Å². The number of nitrogens with one attached hydrogen (secondary N) is 1. The summed E-state index contributed by atoms with van der Waals surface area (Å²) in [6, 6.07) is 20.5. The summed E-state index contributed by atoms with van der Waals surface area (Å²) >= 11 is 0. The molecule has 1 aromatic heterocycles. The molecule has 0 atom stereocenters. The number of nitrogens with zero attached hydrogens (tertiary/aromatic N) is 2. The molecule has 0 unspecified atom stereocenters. The topological polar surface area (TPSA) is 86.3 Å². The molecule has 170 valence electrons. The molecular weight excluding hydrogens is 433 g/mol. The fraction of sp³-hybridized carbons (Fsp3) is 0.148. The van der Waals surface area contributed by atoms with Crippen molar-refractivity contribution in [3.63, 3.8) is 0 Å². The van der Waals surface area contributed by atoms with Crippen molar-refractivity contribution in [2.45, 2.75) is 6.42 Å². The van der Waals surface area contributed by atoms with Gasteiger partial charge in [-0.3, -0.25) is 9.59 Å². The number of hydrogen-bond acceptors (Lipinski definition) is 4. The zero-order valence-corrected chi connectivity index (χ0v) is 18.8. The van der Waals surface area contributed by atoms with Crippen LogP contribution in [0, 0.1) is 17.1 Å². The Balaban J connectivity index is 1.72. The van der Waals surface area contributed by atoms with Gasteiger partial charge in [0.25, 0.3) is 11.8 Å². The summed E-state index contributed by atoms with van der Waals surface area (Å²) < 4.78 is 19.4. The van der Waals surface area contributed by atoms with Crippen molar-refractivity contribution in [2.24, 2.45) is 0 Å². The van der Waals surface area contributed by atoms with Gasteiger partial charge in [0.1, 0.15) is 17.2 Å². The van der Waals surface area contributed by atoms with Crippen LogP contribution in [-0.2, 0) is 0 Å². The van der Waals surface area contributed by atoms with Crippen LogP contribution in [0.15, 0.2) is 71.1 Å². The summed E-state index contributed by atoms with van der Waals surface area (Å²) in [5.74, 6) is -0.468.